The lowest BCUT2D eigenvalue weighted by Crippen LogP contribution is -2.45. The van der Waals surface area contributed by atoms with E-state index in [4.69, 9.17) is 9.47 Å². The lowest BCUT2D eigenvalue weighted by molar-refractivity contribution is -0.161. The first-order chi connectivity index (χ1) is 7.77. The molecule has 16 heavy (non-hydrogen) atoms. The highest BCUT2D eigenvalue weighted by Crippen LogP contribution is 2.24. The van der Waals surface area contributed by atoms with Crippen molar-refractivity contribution in [2.75, 3.05) is 13.4 Å². The van der Waals surface area contributed by atoms with Gasteiger partial charge in [-0.3, -0.25) is 4.79 Å². The first-order valence-corrected chi connectivity index (χ1v) is 5.29. The van der Waals surface area contributed by atoms with Crippen LogP contribution in [0.5, 0.6) is 0 Å². The first kappa shape index (κ1) is 11.1. The lowest BCUT2D eigenvalue weighted by atomic mass is 10.0. The molecule has 0 saturated carbocycles. The number of hydrogen-bond acceptors (Lipinski definition) is 3. The molecule has 0 spiro atoms. The zero-order valence-electron chi connectivity index (χ0n) is 9.18. The van der Waals surface area contributed by atoms with E-state index in [2.05, 4.69) is 5.32 Å². The quantitative estimate of drug-likeness (QED) is 0.817. The van der Waals surface area contributed by atoms with Gasteiger partial charge < -0.3 is 14.8 Å². The maximum absolute atomic E-state index is 11.1. The van der Waals surface area contributed by atoms with Crippen LogP contribution in [0.15, 0.2) is 30.3 Å². The predicted octanol–water partition coefficient (Wildman–Crippen LogP) is 1.24. The monoisotopic (exact) mass is 221 g/mol. The van der Waals surface area contributed by atoms with Gasteiger partial charge in [-0.15, -0.1) is 0 Å². The van der Waals surface area contributed by atoms with Crippen LogP contribution in [0, 0.1) is 0 Å². The van der Waals surface area contributed by atoms with Crippen molar-refractivity contribution >= 4 is 5.91 Å². The van der Waals surface area contributed by atoms with Crippen molar-refractivity contribution in [3.8, 4) is 0 Å². The molecule has 4 nitrogen and oxygen atoms in total. The van der Waals surface area contributed by atoms with E-state index in [-0.39, 0.29) is 24.8 Å². The average Bonchev–Trinajstić information content (AvgIpc) is 2.30. The molecule has 0 radical (unpaired) electrons. The summed E-state index contributed by atoms with van der Waals surface area (Å²) in [4.78, 5) is 11.1. The van der Waals surface area contributed by atoms with Gasteiger partial charge in [0.25, 0.3) is 0 Å². The molecule has 86 valence electrons. The molecular weight excluding hydrogens is 206 g/mol. The number of nitrogens with one attached hydrogen (secondary N) is 1. The summed E-state index contributed by atoms with van der Waals surface area (Å²) in [6.45, 7) is 2.26. The van der Waals surface area contributed by atoms with Crippen LogP contribution >= 0.6 is 0 Å². The molecule has 0 aromatic heterocycles. The Kier molecular flexibility index (Phi) is 3.54. The molecule has 1 saturated heterocycles. The fraction of sp³-hybridized carbons (Fsp3) is 0.417. The number of hydrogen-bond donors (Lipinski definition) is 1. The number of carbonyl (C=O) groups is 1. The number of carbonyl (C=O) groups excluding carboxylic acids is 1. The summed E-state index contributed by atoms with van der Waals surface area (Å²) in [5.74, 6) is -0.0694. The van der Waals surface area contributed by atoms with E-state index >= 15 is 0 Å². The molecule has 2 rings (SSSR count). The normalized spacial score (nSPS) is 25.1. The summed E-state index contributed by atoms with van der Waals surface area (Å²) in [6, 6.07) is 9.73. The van der Waals surface area contributed by atoms with E-state index < -0.39 is 0 Å². The molecule has 2 unspecified atom stereocenters. The van der Waals surface area contributed by atoms with Crippen molar-refractivity contribution in [1.29, 1.82) is 0 Å². The fourth-order valence-electron chi connectivity index (χ4n) is 1.85. The van der Waals surface area contributed by atoms with Crippen molar-refractivity contribution in [2.24, 2.45) is 0 Å². The highest BCUT2D eigenvalue weighted by Gasteiger charge is 2.28. The van der Waals surface area contributed by atoms with Crippen LogP contribution < -0.4 is 5.32 Å². The van der Waals surface area contributed by atoms with E-state index in [0.29, 0.717) is 6.61 Å². The lowest BCUT2D eigenvalue weighted by Gasteiger charge is -2.32. The standard InChI is InChI=1S/C12H15NO3/c1-9(14)13-11-7-15-8-16-12(11)10-5-3-2-4-6-10/h2-6,11-12H,7-8H2,1H3,(H,13,14). The van der Waals surface area contributed by atoms with Crippen LogP contribution in [0.25, 0.3) is 0 Å². The maximum atomic E-state index is 11.1. The van der Waals surface area contributed by atoms with Gasteiger partial charge in [0.2, 0.25) is 5.91 Å². The van der Waals surface area contributed by atoms with E-state index in [1.54, 1.807) is 0 Å². The number of benzene rings is 1. The minimum absolute atomic E-state index is 0.0694. The Morgan fingerprint density at radius 2 is 2.12 bits per heavy atom. The van der Waals surface area contributed by atoms with Gasteiger partial charge in [-0.2, -0.15) is 0 Å². The number of rotatable bonds is 2. The molecule has 1 heterocycles. The van der Waals surface area contributed by atoms with Crippen LogP contribution in [0.1, 0.15) is 18.6 Å². The van der Waals surface area contributed by atoms with E-state index in [9.17, 15) is 4.79 Å². The summed E-state index contributed by atoms with van der Waals surface area (Å²) in [5.41, 5.74) is 1.06. The molecule has 2 atom stereocenters. The zero-order valence-corrected chi connectivity index (χ0v) is 9.18. The Morgan fingerprint density at radius 1 is 1.38 bits per heavy atom. The third-order valence-corrected chi connectivity index (χ3v) is 2.51. The summed E-state index contributed by atoms with van der Waals surface area (Å²) < 4.78 is 10.7. The molecule has 1 aromatic carbocycles. The van der Waals surface area contributed by atoms with Crippen molar-refractivity contribution in [3.63, 3.8) is 0 Å². The van der Waals surface area contributed by atoms with Crippen LogP contribution in [0.2, 0.25) is 0 Å². The summed E-state index contributed by atoms with van der Waals surface area (Å²) in [5, 5.41) is 2.84. The number of amides is 1. The highest BCUT2D eigenvalue weighted by molar-refractivity contribution is 5.73. The SMILES string of the molecule is CC(=O)NC1COCOC1c1ccccc1. The molecule has 1 aliphatic heterocycles. The molecule has 1 amide bonds. The van der Waals surface area contributed by atoms with E-state index in [1.807, 2.05) is 30.3 Å². The van der Waals surface area contributed by atoms with Gasteiger partial charge in [0.15, 0.2) is 0 Å². The largest absolute Gasteiger partial charge is 0.353 e. The average molecular weight is 221 g/mol. The zero-order chi connectivity index (χ0) is 11.4. The minimum Gasteiger partial charge on any atom is -0.353 e. The predicted molar refractivity (Wildman–Crippen MR) is 58.7 cm³/mol. The third kappa shape index (κ3) is 2.59. The van der Waals surface area contributed by atoms with E-state index in [0.717, 1.165) is 5.56 Å². The summed E-state index contributed by atoms with van der Waals surface area (Å²) in [7, 11) is 0. The summed E-state index contributed by atoms with van der Waals surface area (Å²) in [6.07, 6.45) is -0.126. The molecule has 1 N–H and O–H groups in total. The second-order valence-electron chi connectivity index (χ2n) is 3.79. The topological polar surface area (TPSA) is 47.6 Å². The third-order valence-electron chi connectivity index (χ3n) is 2.51. The highest BCUT2D eigenvalue weighted by atomic mass is 16.7. The Morgan fingerprint density at radius 3 is 2.81 bits per heavy atom. The molecule has 1 aliphatic rings. The molecule has 0 bridgehead atoms. The smallest absolute Gasteiger partial charge is 0.217 e. The van der Waals surface area contributed by atoms with Crippen molar-refractivity contribution in [1.82, 2.24) is 5.32 Å². The molecule has 1 aromatic rings. The van der Waals surface area contributed by atoms with Gasteiger partial charge in [0, 0.05) is 6.92 Å². The Bertz CT molecular complexity index is 353. The Balaban J connectivity index is 2.13. The van der Waals surface area contributed by atoms with Crippen LogP contribution in [-0.4, -0.2) is 25.3 Å². The molecule has 0 aliphatic carbocycles. The van der Waals surface area contributed by atoms with Gasteiger partial charge in [-0.1, -0.05) is 30.3 Å². The molecule has 4 heteroatoms. The Hall–Kier alpha value is -1.39. The first-order valence-electron chi connectivity index (χ1n) is 5.29. The van der Waals surface area contributed by atoms with Crippen molar-refractivity contribution in [2.45, 2.75) is 19.1 Å². The maximum Gasteiger partial charge on any atom is 0.217 e. The number of ether oxygens (including phenoxy) is 2. The van der Waals surface area contributed by atoms with Gasteiger partial charge in [-0.05, 0) is 5.56 Å². The van der Waals surface area contributed by atoms with Crippen molar-refractivity contribution in [3.05, 3.63) is 35.9 Å². The second-order valence-corrected chi connectivity index (χ2v) is 3.79. The van der Waals surface area contributed by atoms with Gasteiger partial charge >= 0.3 is 0 Å². The van der Waals surface area contributed by atoms with Gasteiger partial charge in [-0.25, -0.2) is 0 Å². The molecular formula is C12H15NO3. The molecule has 1 fully saturated rings. The fourth-order valence-corrected chi connectivity index (χ4v) is 1.85. The van der Waals surface area contributed by atoms with Crippen LogP contribution in [-0.2, 0) is 14.3 Å². The Labute approximate surface area is 94.6 Å². The summed E-state index contributed by atoms with van der Waals surface area (Å²) >= 11 is 0. The second kappa shape index (κ2) is 5.09. The van der Waals surface area contributed by atoms with Gasteiger partial charge in [0.1, 0.15) is 12.9 Å². The van der Waals surface area contributed by atoms with E-state index in [1.165, 1.54) is 6.92 Å². The van der Waals surface area contributed by atoms with Crippen LogP contribution in [0.3, 0.4) is 0 Å². The van der Waals surface area contributed by atoms with Crippen LogP contribution in [0.4, 0.5) is 0 Å². The minimum atomic E-state index is -0.126. The van der Waals surface area contributed by atoms with Gasteiger partial charge in [0.05, 0.1) is 12.6 Å². The van der Waals surface area contributed by atoms with Crippen molar-refractivity contribution < 1.29 is 14.3 Å².